The summed E-state index contributed by atoms with van der Waals surface area (Å²) in [6.45, 7) is 8.02. The molecule has 3 nitrogen and oxygen atoms in total. The second-order valence-corrected chi connectivity index (χ2v) is 6.88. The number of hydrogen-bond acceptors (Lipinski definition) is 2. The number of benzene rings is 1. The van der Waals surface area contributed by atoms with E-state index < -0.39 is 0 Å². The first-order chi connectivity index (χ1) is 9.94. The van der Waals surface area contributed by atoms with E-state index in [4.69, 9.17) is 11.6 Å². The molecule has 0 radical (unpaired) electrons. The van der Waals surface area contributed by atoms with E-state index in [1.165, 1.54) is 0 Å². The summed E-state index contributed by atoms with van der Waals surface area (Å²) in [5.74, 6) is 0.517. The standard InChI is InChI=1S/C17H25ClN2O/c1-12(2)17(7-8-19-11-17)16(21)20-13(3)9-14-5-4-6-15(18)10-14/h4-6,10,12-13,19H,7-9,11H2,1-3H3,(H,20,21). The molecule has 0 saturated carbocycles. The molecule has 4 heteroatoms. The molecule has 2 rings (SSSR count). The summed E-state index contributed by atoms with van der Waals surface area (Å²) in [4.78, 5) is 12.7. The average molecular weight is 309 g/mol. The Balaban J connectivity index is 1.98. The van der Waals surface area contributed by atoms with Gasteiger partial charge in [-0.25, -0.2) is 0 Å². The van der Waals surface area contributed by atoms with Crippen molar-refractivity contribution in [2.75, 3.05) is 13.1 Å². The quantitative estimate of drug-likeness (QED) is 0.878. The van der Waals surface area contributed by atoms with Crippen molar-refractivity contribution in [1.82, 2.24) is 10.6 Å². The summed E-state index contributed by atoms with van der Waals surface area (Å²) < 4.78 is 0. The lowest BCUT2D eigenvalue weighted by atomic mass is 9.75. The molecule has 1 aromatic rings. The first kappa shape index (κ1) is 16.3. The largest absolute Gasteiger partial charge is 0.353 e. The smallest absolute Gasteiger partial charge is 0.228 e. The number of carbonyl (C=O) groups excluding carboxylic acids is 1. The van der Waals surface area contributed by atoms with Crippen LogP contribution in [0, 0.1) is 11.3 Å². The van der Waals surface area contributed by atoms with Gasteiger partial charge in [-0.2, -0.15) is 0 Å². The molecule has 0 aliphatic carbocycles. The van der Waals surface area contributed by atoms with Gasteiger partial charge in [0.15, 0.2) is 0 Å². The molecule has 0 bridgehead atoms. The van der Waals surface area contributed by atoms with Gasteiger partial charge < -0.3 is 10.6 Å². The van der Waals surface area contributed by atoms with Crippen LogP contribution in [0.25, 0.3) is 0 Å². The molecule has 2 N–H and O–H groups in total. The molecular formula is C17H25ClN2O. The minimum Gasteiger partial charge on any atom is -0.353 e. The van der Waals surface area contributed by atoms with Crippen molar-refractivity contribution in [1.29, 1.82) is 0 Å². The van der Waals surface area contributed by atoms with Crippen LogP contribution in [0.4, 0.5) is 0 Å². The van der Waals surface area contributed by atoms with Gasteiger partial charge in [0.05, 0.1) is 5.41 Å². The molecule has 2 atom stereocenters. The molecule has 0 aromatic heterocycles. The predicted molar refractivity (Wildman–Crippen MR) is 87.5 cm³/mol. The molecule has 21 heavy (non-hydrogen) atoms. The highest BCUT2D eigenvalue weighted by Gasteiger charge is 2.44. The van der Waals surface area contributed by atoms with Gasteiger partial charge in [0, 0.05) is 17.6 Å². The third-order valence-corrected chi connectivity index (χ3v) is 4.79. The van der Waals surface area contributed by atoms with Gasteiger partial charge in [-0.1, -0.05) is 37.6 Å². The van der Waals surface area contributed by atoms with E-state index in [9.17, 15) is 4.79 Å². The zero-order valence-corrected chi connectivity index (χ0v) is 13.8. The summed E-state index contributed by atoms with van der Waals surface area (Å²) in [5.41, 5.74) is 0.890. The van der Waals surface area contributed by atoms with Crippen LogP contribution in [0.1, 0.15) is 32.8 Å². The topological polar surface area (TPSA) is 41.1 Å². The summed E-state index contributed by atoms with van der Waals surface area (Å²) in [6, 6.07) is 7.92. The number of hydrogen-bond donors (Lipinski definition) is 2. The third-order valence-electron chi connectivity index (χ3n) is 4.55. The van der Waals surface area contributed by atoms with Crippen LogP contribution in [0.5, 0.6) is 0 Å². The van der Waals surface area contributed by atoms with Crippen LogP contribution in [-0.2, 0) is 11.2 Å². The van der Waals surface area contributed by atoms with Crippen LogP contribution < -0.4 is 10.6 Å². The first-order valence-electron chi connectivity index (χ1n) is 7.70. The highest BCUT2D eigenvalue weighted by atomic mass is 35.5. The predicted octanol–water partition coefficient (Wildman–Crippen LogP) is 3.02. The monoisotopic (exact) mass is 308 g/mol. The molecule has 2 unspecified atom stereocenters. The number of rotatable bonds is 5. The van der Waals surface area contributed by atoms with Gasteiger partial charge >= 0.3 is 0 Å². The molecule has 1 fully saturated rings. The van der Waals surface area contributed by atoms with Crippen LogP contribution >= 0.6 is 11.6 Å². The Labute approximate surface area is 132 Å². The fourth-order valence-corrected chi connectivity index (χ4v) is 3.31. The first-order valence-corrected chi connectivity index (χ1v) is 8.08. The van der Waals surface area contributed by atoms with Crippen molar-refractivity contribution < 1.29 is 4.79 Å². The molecule has 1 aromatic carbocycles. The van der Waals surface area contributed by atoms with E-state index in [-0.39, 0.29) is 17.4 Å². The molecule has 1 heterocycles. The second-order valence-electron chi connectivity index (χ2n) is 6.45. The van der Waals surface area contributed by atoms with Gasteiger partial charge in [-0.15, -0.1) is 0 Å². The summed E-state index contributed by atoms with van der Waals surface area (Å²) in [6.07, 6.45) is 1.72. The van der Waals surface area contributed by atoms with Crippen molar-refractivity contribution >= 4 is 17.5 Å². The van der Waals surface area contributed by atoms with Crippen molar-refractivity contribution in [3.8, 4) is 0 Å². The lowest BCUT2D eigenvalue weighted by molar-refractivity contribution is -0.133. The normalized spacial score (nSPS) is 23.3. The Bertz CT molecular complexity index is 495. The maximum absolute atomic E-state index is 12.7. The summed E-state index contributed by atoms with van der Waals surface area (Å²) in [5, 5.41) is 7.26. The number of halogens is 1. The van der Waals surface area contributed by atoms with Crippen LogP contribution in [-0.4, -0.2) is 25.0 Å². The maximum atomic E-state index is 12.7. The Morgan fingerprint density at radius 2 is 2.19 bits per heavy atom. The second kappa shape index (κ2) is 6.80. The zero-order chi connectivity index (χ0) is 15.5. The molecular weight excluding hydrogens is 284 g/mol. The molecule has 0 spiro atoms. The van der Waals surface area contributed by atoms with Crippen molar-refractivity contribution in [3.05, 3.63) is 34.9 Å². The van der Waals surface area contributed by atoms with Crippen molar-refractivity contribution in [2.24, 2.45) is 11.3 Å². The number of carbonyl (C=O) groups is 1. The Hall–Kier alpha value is -1.06. The van der Waals surface area contributed by atoms with E-state index in [1.54, 1.807) is 0 Å². The lowest BCUT2D eigenvalue weighted by Gasteiger charge is -2.32. The van der Waals surface area contributed by atoms with Gasteiger partial charge in [0.1, 0.15) is 0 Å². The summed E-state index contributed by atoms with van der Waals surface area (Å²) >= 11 is 6.01. The Morgan fingerprint density at radius 1 is 1.43 bits per heavy atom. The van der Waals surface area contributed by atoms with Crippen LogP contribution in [0.2, 0.25) is 5.02 Å². The molecule has 1 aliphatic heterocycles. The highest BCUT2D eigenvalue weighted by Crippen LogP contribution is 2.34. The fraction of sp³-hybridized carbons (Fsp3) is 0.588. The van der Waals surface area contributed by atoms with Crippen molar-refractivity contribution in [2.45, 2.75) is 39.7 Å². The van der Waals surface area contributed by atoms with E-state index in [2.05, 4.69) is 31.4 Å². The van der Waals surface area contributed by atoms with Crippen LogP contribution in [0.15, 0.2) is 24.3 Å². The van der Waals surface area contributed by atoms with Gasteiger partial charge in [0.2, 0.25) is 5.91 Å². The van der Waals surface area contributed by atoms with E-state index in [0.717, 1.165) is 36.5 Å². The number of nitrogens with one attached hydrogen (secondary N) is 2. The Kier molecular flexibility index (Phi) is 5.28. The lowest BCUT2D eigenvalue weighted by Crippen LogP contribution is -2.49. The fourth-order valence-electron chi connectivity index (χ4n) is 3.10. The third kappa shape index (κ3) is 3.78. The zero-order valence-electron chi connectivity index (χ0n) is 13.1. The molecule has 1 amide bonds. The molecule has 116 valence electrons. The molecule has 1 aliphatic rings. The summed E-state index contributed by atoms with van der Waals surface area (Å²) in [7, 11) is 0. The SMILES string of the molecule is CC(Cc1cccc(Cl)c1)NC(=O)C1(C(C)C)CCNC1. The minimum absolute atomic E-state index is 0.104. The van der Waals surface area contributed by atoms with E-state index in [1.807, 2.05) is 24.3 Å². The van der Waals surface area contributed by atoms with Gasteiger partial charge in [-0.3, -0.25) is 4.79 Å². The maximum Gasteiger partial charge on any atom is 0.228 e. The number of amides is 1. The van der Waals surface area contributed by atoms with E-state index >= 15 is 0 Å². The highest BCUT2D eigenvalue weighted by molar-refractivity contribution is 6.30. The van der Waals surface area contributed by atoms with Gasteiger partial charge in [0.25, 0.3) is 0 Å². The average Bonchev–Trinajstić information content (AvgIpc) is 2.89. The minimum atomic E-state index is -0.261. The molecule has 1 saturated heterocycles. The van der Waals surface area contributed by atoms with E-state index in [0.29, 0.717) is 5.92 Å². The van der Waals surface area contributed by atoms with Crippen molar-refractivity contribution in [3.63, 3.8) is 0 Å². The Morgan fingerprint density at radius 3 is 2.76 bits per heavy atom. The van der Waals surface area contributed by atoms with Crippen LogP contribution in [0.3, 0.4) is 0 Å². The van der Waals surface area contributed by atoms with Gasteiger partial charge in [-0.05, 0) is 49.9 Å².